The quantitative estimate of drug-likeness (QED) is 0.314. The van der Waals surface area contributed by atoms with Crippen LogP contribution in [0.15, 0.2) is 67.3 Å². The Morgan fingerprint density at radius 1 is 0.862 bits per heavy atom. The first-order valence-electron chi connectivity index (χ1n) is 9.19. The van der Waals surface area contributed by atoms with Crippen LogP contribution in [0.3, 0.4) is 0 Å². The molecule has 150 valence electrons. The SMILES string of the molecule is C=CCCOc1ccc(-c2ccc(OCc3ccc(C)c(F)c3F)cc2)c(F)c1. The first-order valence-corrected chi connectivity index (χ1v) is 9.19. The molecule has 0 aliphatic carbocycles. The number of hydrogen-bond donors (Lipinski definition) is 0. The lowest BCUT2D eigenvalue weighted by atomic mass is 10.0. The minimum atomic E-state index is -0.904. The van der Waals surface area contributed by atoms with Crippen molar-refractivity contribution in [3.63, 3.8) is 0 Å². The van der Waals surface area contributed by atoms with Crippen LogP contribution in [0.2, 0.25) is 0 Å². The molecule has 3 aromatic carbocycles. The molecule has 5 heteroatoms. The normalized spacial score (nSPS) is 10.6. The highest BCUT2D eigenvalue weighted by atomic mass is 19.2. The van der Waals surface area contributed by atoms with Crippen LogP contribution in [0.5, 0.6) is 11.5 Å². The molecule has 0 saturated heterocycles. The maximum absolute atomic E-state index is 14.4. The van der Waals surface area contributed by atoms with Crippen LogP contribution in [0.25, 0.3) is 11.1 Å². The van der Waals surface area contributed by atoms with E-state index < -0.39 is 17.5 Å². The highest BCUT2D eigenvalue weighted by Crippen LogP contribution is 2.28. The zero-order valence-electron chi connectivity index (χ0n) is 16.1. The second-order valence-corrected chi connectivity index (χ2v) is 6.55. The van der Waals surface area contributed by atoms with E-state index in [1.54, 1.807) is 42.5 Å². The molecule has 0 bridgehead atoms. The van der Waals surface area contributed by atoms with Crippen LogP contribution in [-0.2, 0) is 6.61 Å². The van der Waals surface area contributed by atoms with Gasteiger partial charge in [-0.15, -0.1) is 6.58 Å². The summed E-state index contributed by atoms with van der Waals surface area (Å²) in [7, 11) is 0. The zero-order valence-corrected chi connectivity index (χ0v) is 16.1. The average Bonchev–Trinajstić information content (AvgIpc) is 2.72. The number of rotatable bonds is 8. The zero-order chi connectivity index (χ0) is 20.8. The minimum absolute atomic E-state index is 0.104. The Morgan fingerprint density at radius 3 is 2.28 bits per heavy atom. The van der Waals surface area contributed by atoms with Gasteiger partial charge in [-0.25, -0.2) is 13.2 Å². The number of ether oxygens (including phenoxy) is 2. The lowest BCUT2D eigenvalue weighted by molar-refractivity contribution is 0.297. The van der Waals surface area contributed by atoms with E-state index in [4.69, 9.17) is 9.47 Å². The summed E-state index contributed by atoms with van der Waals surface area (Å²) in [6, 6.07) is 14.4. The van der Waals surface area contributed by atoms with Crippen molar-refractivity contribution in [2.75, 3.05) is 6.61 Å². The Kier molecular flexibility index (Phi) is 6.60. The van der Waals surface area contributed by atoms with E-state index in [0.29, 0.717) is 35.7 Å². The Labute approximate surface area is 168 Å². The van der Waals surface area contributed by atoms with Crippen molar-refractivity contribution in [3.05, 3.63) is 95.8 Å². The molecule has 0 unspecified atom stereocenters. The summed E-state index contributed by atoms with van der Waals surface area (Å²) >= 11 is 0. The summed E-state index contributed by atoms with van der Waals surface area (Å²) in [6.45, 7) is 5.45. The third-order valence-electron chi connectivity index (χ3n) is 4.45. The van der Waals surface area contributed by atoms with E-state index in [1.165, 1.54) is 25.1 Å². The molecule has 0 spiro atoms. The third kappa shape index (κ3) is 4.99. The predicted octanol–water partition coefficient (Wildman–Crippen LogP) is 6.61. The van der Waals surface area contributed by atoms with Gasteiger partial charge in [-0.2, -0.15) is 0 Å². The van der Waals surface area contributed by atoms with Crippen LogP contribution in [0.1, 0.15) is 17.5 Å². The first kappa shape index (κ1) is 20.5. The highest BCUT2D eigenvalue weighted by molar-refractivity contribution is 5.65. The van der Waals surface area contributed by atoms with Crippen LogP contribution in [0.4, 0.5) is 13.2 Å². The molecule has 0 heterocycles. The number of aryl methyl sites for hydroxylation is 1. The smallest absolute Gasteiger partial charge is 0.165 e. The van der Waals surface area contributed by atoms with Crippen molar-refractivity contribution < 1.29 is 22.6 Å². The fourth-order valence-corrected chi connectivity index (χ4v) is 2.77. The van der Waals surface area contributed by atoms with Crippen LogP contribution < -0.4 is 9.47 Å². The molecular formula is C24H21F3O2. The first-order chi connectivity index (χ1) is 14.0. The standard InChI is InChI=1S/C24H21F3O2/c1-3-4-13-28-20-11-12-21(22(25)14-20)17-7-9-19(10-8-17)29-15-18-6-5-16(2)23(26)24(18)27/h3,5-12,14H,1,4,13,15H2,2H3. The van der Waals surface area contributed by atoms with Crippen molar-refractivity contribution in [2.24, 2.45) is 0 Å². The van der Waals surface area contributed by atoms with E-state index in [0.717, 1.165) is 0 Å². The van der Waals surface area contributed by atoms with E-state index in [1.807, 2.05) is 0 Å². The molecule has 29 heavy (non-hydrogen) atoms. The molecule has 0 saturated carbocycles. The molecule has 3 aromatic rings. The largest absolute Gasteiger partial charge is 0.493 e. The molecule has 0 aliphatic rings. The molecule has 3 rings (SSSR count). The van der Waals surface area contributed by atoms with Gasteiger partial charge in [0, 0.05) is 17.2 Å². The molecule has 2 nitrogen and oxygen atoms in total. The summed E-state index contributed by atoms with van der Waals surface area (Å²) in [4.78, 5) is 0. The van der Waals surface area contributed by atoms with Gasteiger partial charge in [0.25, 0.3) is 0 Å². The van der Waals surface area contributed by atoms with E-state index in [2.05, 4.69) is 6.58 Å². The number of benzene rings is 3. The summed E-state index contributed by atoms with van der Waals surface area (Å²) in [5, 5.41) is 0. The number of hydrogen-bond acceptors (Lipinski definition) is 2. The molecule has 0 N–H and O–H groups in total. The molecular weight excluding hydrogens is 377 g/mol. The van der Waals surface area contributed by atoms with E-state index >= 15 is 0 Å². The monoisotopic (exact) mass is 398 g/mol. The van der Waals surface area contributed by atoms with Gasteiger partial charge in [0.05, 0.1) is 6.61 Å². The molecule has 0 radical (unpaired) electrons. The molecule has 0 fully saturated rings. The lowest BCUT2D eigenvalue weighted by Crippen LogP contribution is -2.02. The Balaban J connectivity index is 1.67. The Bertz CT molecular complexity index is 998. The van der Waals surface area contributed by atoms with Gasteiger partial charge < -0.3 is 9.47 Å². The van der Waals surface area contributed by atoms with Gasteiger partial charge in [0.1, 0.15) is 23.9 Å². The lowest BCUT2D eigenvalue weighted by Gasteiger charge is -2.10. The third-order valence-corrected chi connectivity index (χ3v) is 4.45. The molecule has 0 aliphatic heterocycles. The number of halogens is 3. The maximum atomic E-state index is 14.4. The van der Waals surface area contributed by atoms with Gasteiger partial charge >= 0.3 is 0 Å². The summed E-state index contributed by atoms with van der Waals surface area (Å²) < 4.78 is 52.9. The summed E-state index contributed by atoms with van der Waals surface area (Å²) in [5.41, 5.74) is 1.48. The van der Waals surface area contributed by atoms with Crippen molar-refractivity contribution in [1.29, 1.82) is 0 Å². The van der Waals surface area contributed by atoms with Gasteiger partial charge in [0.2, 0.25) is 0 Å². The molecule has 0 atom stereocenters. The topological polar surface area (TPSA) is 18.5 Å². The average molecular weight is 398 g/mol. The second-order valence-electron chi connectivity index (χ2n) is 6.55. The predicted molar refractivity (Wildman–Crippen MR) is 108 cm³/mol. The van der Waals surface area contributed by atoms with Crippen molar-refractivity contribution in [3.8, 4) is 22.6 Å². The van der Waals surface area contributed by atoms with E-state index in [-0.39, 0.29) is 17.7 Å². The van der Waals surface area contributed by atoms with Crippen molar-refractivity contribution >= 4 is 0 Å². The highest BCUT2D eigenvalue weighted by Gasteiger charge is 2.12. The minimum Gasteiger partial charge on any atom is -0.493 e. The Hall–Kier alpha value is -3.21. The molecule has 0 aromatic heterocycles. The van der Waals surface area contributed by atoms with Crippen LogP contribution in [-0.4, -0.2) is 6.61 Å². The van der Waals surface area contributed by atoms with Gasteiger partial charge in [0.15, 0.2) is 11.6 Å². The van der Waals surface area contributed by atoms with Crippen molar-refractivity contribution in [1.82, 2.24) is 0 Å². The van der Waals surface area contributed by atoms with Gasteiger partial charge in [-0.05, 0) is 48.7 Å². The van der Waals surface area contributed by atoms with Crippen LogP contribution in [0, 0.1) is 24.4 Å². The summed E-state index contributed by atoms with van der Waals surface area (Å²) in [6.07, 6.45) is 2.42. The second kappa shape index (κ2) is 9.32. The maximum Gasteiger partial charge on any atom is 0.165 e. The van der Waals surface area contributed by atoms with Crippen molar-refractivity contribution in [2.45, 2.75) is 20.0 Å². The Morgan fingerprint density at radius 2 is 1.59 bits per heavy atom. The van der Waals surface area contributed by atoms with Gasteiger partial charge in [-0.1, -0.05) is 30.3 Å². The fraction of sp³-hybridized carbons (Fsp3) is 0.167. The van der Waals surface area contributed by atoms with E-state index in [9.17, 15) is 13.2 Å². The van der Waals surface area contributed by atoms with Crippen LogP contribution >= 0.6 is 0 Å². The van der Waals surface area contributed by atoms with Gasteiger partial charge in [-0.3, -0.25) is 0 Å². The fourth-order valence-electron chi connectivity index (χ4n) is 2.77. The molecule has 0 amide bonds. The summed E-state index contributed by atoms with van der Waals surface area (Å²) in [5.74, 6) is -1.24.